The van der Waals surface area contributed by atoms with Crippen molar-refractivity contribution in [3.05, 3.63) is 87.7 Å². The molecule has 0 bridgehead atoms. The molecule has 3 atom stereocenters. The van der Waals surface area contributed by atoms with Crippen molar-refractivity contribution in [2.24, 2.45) is 11.5 Å². The van der Waals surface area contributed by atoms with Gasteiger partial charge in [0.2, 0.25) is 23.6 Å². The molecular formula is C36H42Cl2N8O4S. The van der Waals surface area contributed by atoms with E-state index in [2.05, 4.69) is 25.9 Å². The highest BCUT2D eigenvalue weighted by Crippen LogP contribution is 2.38. The molecule has 12 nitrogen and oxygen atoms in total. The first kappa shape index (κ1) is 38.1. The Morgan fingerprint density at radius 2 is 1.80 bits per heavy atom. The molecule has 0 aliphatic carbocycles. The lowest BCUT2D eigenvalue weighted by Crippen LogP contribution is -2.57. The van der Waals surface area contributed by atoms with Crippen LogP contribution in [0.5, 0.6) is 0 Å². The zero-order valence-corrected chi connectivity index (χ0v) is 30.5. The van der Waals surface area contributed by atoms with Crippen LogP contribution in [0.4, 0.5) is 0 Å². The highest BCUT2D eigenvalue weighted by atomic mass is 35.5. The summed E-state index contributed by atoms with van der Waals surface area (Å²) in [5.74, 6) is -1.87. The number of hydrogen-bond acceptors (Lipinski definition) is 8. The van der Waals surface area contributed by atoms with Gasteiger partial charge >= 0.3 is 0 Å². The summed E-state index contributed by atoms with van der Waals surface area (Å²) >= 11 is 14.5. The monoisotopic (exact) mass is 752 g/mol. The standard InChI is InChI=1S/C36H42Cl2N8O4S/c1-46-30(16-22-19-42-27-9-3-2-8-25(22)27)34(49)44-20-23-15-24(37)17-26(38)32(23)51-35-21(7-6-14-41-35)18-43-28(11-12-31(40)47)33(48)45-29(36(46)50)10-4-5-13-39/h2-3,6-9,14-15,17,19,28-30,42-43H,4-5,10-13,16,18,20,39H2,1H3,(H2,40,47)(H,44,49)(H,45,48)/t28?,29-,30-/m0/s1. The molecule has 0 fully saturated rings. The van der Waals surface area contributed by atoms with Crippen LogP contribution >= 0.6 is 35.0 Å². The second-order valence-electron chi connectivity index (χ2n) is 12.5. The van der Waals surface area contributed by atoms with Gasteiger partial charge in [0.05, 0.1) is 11.1 Å². The Balaban J connectivity index is 1.58. The summed E-state index contributed by atoms with van der Waals surface area (Å²) in [5, 5.41) is 11.5. The summed E-state index contributed by atoms with van der Waals surface area (Å²) in [6, 6.07) is 11.9. The third-order valence-electron chi connectivity index (χ3n) is 8.89. The van der Waals surface area contributed by atoms with Crippen LogP contribution in [0.25, 0.3) is 10.9 Å². The van der Waals surface area contributed by atoms with E-state index in [0.29, 0.717) is 51.3 Å². The third-order valence-corrected chi connectivity index (χ3v) is 10.8. The van der Waals surface area contributed by atoms with Gasteiger partial charge in [0, 0.05) is 66.2 Å². The number of carbonyl (C=O) groups is 4. The summed E-state index contributed by atoms with van der Waals surface area (Å²) in [6.07, 6.45) is 5.23. The van der Waals surface area contributed by atoms with E-state index in [0.717, 1.165) is 22.0 Å². The minimum Gasteiger partial charge on any atom is -0.370 e. The van der Waals surface area contributed by atoms with E-state index >= 15 is 0 Å². The number of unbranched alkanes of at least 4 members (excludes halogenated alkanes) is 1. The second-order valence-corrected chi connectivity index (χ2v) is 14.3. The molecule has 51 heavy (non-hydrogen) atoms. The molecule has 1 unspecified atom stereocenters. The van der Waals surface area contributed by atoms with Crippen LogP contribution in [0.1, 0.15) is 48.8 Å². The van der Waals surface area contributed by atoms with Gasteiger partial charge in [-0.15, -0.1) is 0 Å². The van der Waals surface area contributed by atoms with Crippen molar-refractivity contribution in [1.29, 1.82) is 0 Å². The zero-order valence-electron chi connectivity index (χ0n) is 28.2. The number of carbonyl (C=O) groups excluding carboxylic acids is 4. The fourth-order valence-electron chi connectivity index (χ4n) is 6.09. The number of aromatic amines is 1. The van der Waals surface area contributed by atoms with Gasteiger partial charge in [-0.3, -0.25) is 19.2 Å². The Bertz CT molecular complexity index is 1890. The van der Waals surface area contributed by atoms with Crippen molar-refractivity contribution < 1.29 is 19.2 Å². The molecule has 15 heteroatoms. The van der Waals surface area contributed by atoms with Gasteiger partial charge in [-0.2, -0.15) is 0 Å². The van der Waals surface area contributed by atoms with Crippen molar-refractivity contribution in [2.75, 3.05) is 13.6 Å². The Hall–Kier alpha value is -4.14. The van der Waals surface area contributed by atoms with Crippen molar-refractivity contribution in [1.82, 2.24) is 30.8 Å². The minimum absolute atomic E-state index is 0.0535. The lowest BCUT2D eigenvalue weighted by atomic mass is 10.0. The second kappa shape index (κ2) is 17.9. The SMILES string of the molecule is CN1C(=O)[C@H](CCCCN)NC(=O)C(CCC(N)=O)NCc2cccnc2Sc2c(Cl)cc(Cl)cc2CNC(=O)[C@@H]1Cc1c[nH]c2ccccc12. The predicted octanol–water partition coefficient (Wildman–Crippen LogP) is 4.06. The van der Waals surface area contributed by atoms with Crippen molar-refractivity contribution >= 4 is 69.5 Å². The van der Waals surface area contributed by atoms with Crippen LogP contribution in [0, 0.1) is 0 Å². The number of nitrogens with two attached hydrogens (primary N) is 2. The molecule has 4 aromatic rings. The highest BCUT2D eigenvalue weighted by Gasteiger charge is 2.34. The smallest absolute Gasteiger partial charge is 0.245 e. The molecule has 5 rings (SSSR count). The topological polar surface area (TPSA) is 188 Å². The van der Waals surface area contributed by atoms with E-state index < -0.39 is 41.8 Å². The molecule has 2 aromatic carbocycles. The average molecular weight is 754 g/mol. The van der Waals surface area contributed by atoms with E-state index in [-0.39, 0.29) is 32.4 Å². The van der Waals surface area contributed by atoms with Crippen LogP contribution in [-0.2, 0) is 38.7 Å². The number of nitrogens with one attached hydrogen (secondary N) is 4. The number of rotatable bonds is 9. The highest BCUT2D eigenvalue weighted by molar-refractivity contribution is 7.99. The molecule has 2 aromatic heterocycles. The van der Waals surface area contributed by atoms with E-state index in [1.807, 2.05) is 36.5 Å². The van der Waals surface area contributed by atoms with Crippen molar-refractivity contribution in [2.45, 2.75) is 79.7 Å². The molecule has 0 saturated carbocycles. The molecular weight excluding hydrogens is 711 g/mol. The number of pyridine rings is 1. The van der Waals surface area contributed by atoms with Crippen molar-refractivity contribution in [3.8, 4) is 0 Å². The summed E-state index contributed by atoms with van der Waals surface area (Å²) in [5.41, 5.74) is 14.4. The minimum atomic E-state index is -0.969. The van der Waals surface area contributed by atoms with Gasteiger partial charge in [0.1, 0.15) is 17.1 Å². The first-order valence-electron chi connectivity index (χ1n) is 16.8. The van der Waals surface area contributed by atoms with Gasteiger partial charge in [-0.25, -0.2) is 4.98 Å². The van der Waals surface area contributed by atoms with Gasteiger partial charge in [0.25, 0.3) is 0 Å². The number of fused-ring (bicyclic) bond motifs is 3. The lowest BCUT2D eigenvalue weighted by Gasteiger charge is -2.32. The number of para-hydroxylation sites is 1. The average Bonchev–Trinajstić information content (AvgIpc) is 3.52. The molecule has 1 aliphatic heterocycles. The van der Waals surface area contributed by atoms with Crippen molar-refractivity contribution in [3.63, 3.8) is 0 Å². The Kier molecular flexibility index (Phi) is 13.4. The van der Waals surface area contributed by atoms with Gasteiger partial charge < -0.3 is 37.3 Å². The number of primary amides is 1. The number of amides is 4. The lowest BCUT2D eigenvalue weighted by molar-refractivity contribution is -0.142. The fourth-order valence-corrected chi connectivity index (χ4v) is 7.74. The zero-order chi connectivity index (χ0) is 36.5. The van der Waals surface area contributed by atoms with E-state index in [1.54, 1.807) is 31.4 Å². The summed E-state index contributed by atoms with van der Waals surface area (Å²) in [4.78, 5) is 64.2. The Labute approximate surface area is 310 Å². The normalized spacial score (nSPS) is 19.2. The number of halogens is 2. The van der Waals surface area contributed by atoms with Crippen LogP contribution < -0.4 is 27.4 Å². The van der Waals surface area contributed by atoms with Crippen LogP contribution in [0.2, 0.25) is 10.0 Å². The Morgan fingerprint density at radius 1 is 1.00 bits per heavy atom. The quantitative estimate of drug-likeness (QED) is 0.138. The number of nitrogens with zero attached hydrogens (tertiary/aromatic N) is 2. The molecule has 0 radical (unpaired) electrons. The third kappa shape index (κ3) is 9.80. The number of aromatic nitrogens is 2. The Morgan fingerprint density at radius 3 is 2.59 bits per heavy atom. The largest absolute Gasteiger partial charge is 0.370 e. The molecule has 8 N–H and O–H groups in total. The first-order chi connectivity index (χ1) is 24.5. The summed E-state index contributed by atoms with van der Waals surface area (Å²) in [7, 11) is 1.57. The van der Waals surface area contributed by atoms with Gasteiger partial charge in [-0.1, -0.05) is 59.2 Å². The van der Waals surface area contributed by atoms with E-state index in [1.165, 1.54) is 16.7 Å². The fraction of sp³-hybridized carbons (Fsp3) is 0.361. The maximum absolute atomic E-state index is 14.4. The number of likely N-dealkylation sites (N-methyl/N-ethyl adjacent to an activating group) is 1. The summed E-state index contributed by atoms with van der Waals surface area (Å²) in [6.45, 7) is 0.697. The first-order valence-corrected chi connectivity index (χ1v) is 18.3. The summed E-state index contributed by atoms with van der Waals surface area (Å²) < 4.78 is 0. The molecule has 1 aliphatic rings. The molecule has 0 spiro atoms. The van der Waals surface area contributed by atoms with E-state index in [4.69, 9.17) is 34.7 Å². The number of hydrogen-bond donors (Lipinski definition) is 6. The van der Waals surface area contributed by atoms with E-state index in [9.17, 15) is 19.2 Å². The van der Waals surface area contributed by atoms with Crippen LogP contribution in [0.3, 0.4) is 0 Å². The maximum Gasteiger partial charge on any atom is 0.245 e. The predicted molar refractivity (Wildman–Crippen MR) is 199 cm³/mol. The van der Waals surface area contributed by atoms with Crippen LogP contribution in [0.15, 0.2) is 70.8 Å². The van der Waals surface area contributed by atoms with Gasteiger partial charge in [-0.05, 0) is 73.2 Å². The molecule has 3 heterocycles. The molecule has 0 saturated heterocycles. The van der Waals surface area contributed by atoms with Gasteiger partial charge in [0.15, 0.2) is 0 Å². The molecule has 270 valence electrons. The number of H-pyrrole nitrogens is 1. The maximum atomic E-state index is 14.4. The van der Waals surface area contributed by atoms with Crippen LogP contribution in [-0.4, -0.2) is 70.2 Å². The number of benzene rings is 2. The molecule has 4 amide bonds.